The maximum Gasteiger partial charge on any atom is 0.319 e. The van der Waals surface area contributed by atoms with Gasteiger partial charge in [-0.05, 0) is 96.2 Å². The minimum absolute atomic E-state index is 0.0278. The molecule has 4 saturated heterocycles. The van der Waals surface area contributed by atoms with Crippen molar-refractivity contribution < 1.29 is 52.0 Å². The van der Waals surface area contributed by atoms with E-state index in [4.69, 9.17) is 24.2 Å². The Labute approximate surface area is 465 Å². The Morgan fingerprint density at radius 3 is 2.37 bits per heavy atom. The van der Waals surface area contributed by atoms with E-state index < -0.39 is 71.9 Å². The molecule has 1 aliphatic carbocycles. The quantitative estimate of drug-likeness (QED) is 0.0516. The summed E-state index contributed by atoms with van der Waals surface area (Å²) < 4.78 is 63.9. The van der Waals surface area contributed by atoms with Gasteiger partial charge in [0.2, 0.25) is 11.8 Å². The first-order valence-electron chi connectivity index (χ1n) is 27.9. The number of benzene rings is 5. The molecule has 5 aliphatic rings. The number of aliphatic hydroxyl groups excluding tert-OH is 2. The molecule has 0 unspecified atom stereocenters. The molecule has 6 heterocycles. The fourth-order valence-corrected chi connectivity index (χ4v) is 12.1. The van der Waals surface area contributed by atoms with Crippen molar-refractivity contribution in [1.82, 2.24) is 41.0 Å². The van der Waals surface area contributed by atoms with E-state index in [1.807, 2.05) is 0 Å². The van der Waals surface area contributed by atoms with Gasteiger partial charge in [-0.1, -0.05) is 62.4 Å². The normalized spacial score (nSPS) is 20.8. The zero-order valence-corrected chi connectivity index (χ0v) is 45.2. The van der Waals surface area contributed by atoms with Crippen molar-refractivity contribution in [1.29, 1.82) is 0 Å². The molecule has 20 heteroatoms. The summed E-state index contributed by atoms with van der Waals surface area (Å²) in [6.07, 6.45) is 4.70. The average molecular weight is 1110 g/mol. The zero-order valence-electron chi connectivity index (χ0n) is 45.2. The van der Waals surface area contributed by atoms with Gasteiger partial charge in [0, 0.05) is 84.0 Å². The third-order valence-corrected chi connectivity index (χ3v) is 16.7. The molecule has 6 N–H and O–H groups in total. The Hall–Kier alpha value is -7.65. The predicted molar refractivity (Wildman–Crippen MR) is 296 cm³/mol. The van der Waals surface area contributed by atoms with Crippen molar-refractivity contribution in [2.45, 2.75) is 114 Å². The Bertz CT molecular complexity index is 3540. The lowest BCUT2D eigenvalue weighted by molar-refractivity contribution is -0.141. The monoisotopic (exact) mass is 1110 g/mol. The van der Waals surface area contributed by atoms with Gasteiger partial charge < -0.3 is 50.2 Å². The number of anilines is 1. The van der Waals surface area contributed by atoms with Gasteiger partial charge in [-0.3, -0.25) is 19.5 Å². The first-order chi connectivity index (χ1) is 39.2. The second-order valence-corrected chi connectivity index (χ2v) is 22.5. The van der Waals surface area contributed by atoms with Crippen LogP contribution in [0.25, 0.3) is 44.1 Å². The minimum Gasteiger partial charge on any atom is -0.486 e. The van der Waals surface area contributed by atoms with Crippen LogP contribution in [0.2, 0.25) is 0 Å². The highest BCUT2D eigenvalue weighted by atomic mass is 19.2. The fraction of sp³-hybridized carbons (Fsp3) is 0.410. The average Bonchev–Trinajstić information content (AvgIpc) is 4.01. The molecule has 5 aromatic carbocycles. The van der Waals surface area contributed by atoms with Crippen molar-refractivity contribution in [3.63, 3.8) is 0 Å². The molecule has 1 saturated carbocycles. The van der Waals surface area contributed by atoms with Crippen LogP contribution >= 0.6 is 0 Å². The molecule has 6 atom stereocenters. The molecule has 17 nitrogen and oxygen atoms in total. The summed E-state index contributed by atoms with van der Waals surface area (Å²) in [4.78, 5) is 56.4. The van der Waals surface area contributed by atoms with E-state index >= 15 is 4.39 Å². The largest absolute Gasteiger partial charge is 0.486 e. The number of amides is 3. The summed E-state index contributed by atoms with van der Waals surface area (Å²) in [5.41, 5.74) is 5.79. The van der Waals surface area contributed by atoms with Gasteiger partial charge in [-0.25, -0.2) is 13.2 Å². The summed E-state index contributed by atoms with van der Waals surface area (Å²) in [6, 6.07) is 18.2. The molecule has 2 aromatic heterocycles. The molecule has 0 radical (unpaired) electrons. The second kappa shape index (κ2) is 22.4. The van der Waals surface area contributed by atoms with E-state index in [0.717, 1.165) is 66.1 Å². The Kier molecular flexibility index (Phi) is 14.9. The second-order valence-electron chi connectivity index (χ2n) is 22.5. The summed E-state index contributed by atoms with van der Waals surface area (Å²) in [5.74, 6) is -3.16. The maximum absolute atomic E-state index is 16.1. The van der Waals surface area contributed by atoms with E-state index in [-0.39, 0.29) is 54.8 Å². The number of rotatable bonds is 17. The number of fused-ring (bicyclic) bond motifs is 4. The number of hydrogen-bond acceptors (Lipinski definition) is 13. The number of nitrogens with one attached hydrogen (secondary N) is 4. The molecule has 81 heavy (non-hydrogen) atoms. The number of nitrogens with zero attached hydrogens (tertiary/aromatic N) is 5. The van der Waals surface area contributed by atoms with Crippen molar-refractivity contribution in [3.05, 3.63) is 130 Å². The van der Waals surface area contributed by atoms with Gasteiger partial charge in [0.05, 0.1) is 43.7 Å². The number of halogens is 3. The number of carbonyl (C=O) groups excluding carboxylic acids is 3. The van der Waals surface area contributed by atoms with Gasteiger partial charge in [0.15, 0.2) is 17.4 Å². The Morgan fingerprint density at radius 2 is 1.67 bits per heavy atom. The summed E-state index contributed by atoms with van der Waals surface area (Å²) >= 11 is 0. The van der Waals surface area contributed by atoms with Gasteiger partial charge in [-0.15, -0.1) is 0 Å². The molecular weight excluding hydrogens is 1040 g/mol. The minimum atomic E-state index is -1.13. The molecule has 12 rings (SSSR count). The van der Waals surface area contributed by atoms with Gasteiger partial charge in [0.1, 0.15) is 41.9 Å². The number of β-amino-alcohol motifs (C(OH)–C–C–N with tert-alkyl or cyclic N) is 1. The third-order valence-electron chi connectivity index (χ3n) is 16.7. The lowest BCUT2D eigenvalue weighted by Crippen LogP contribution is -2.55. The molecule has 4 aliphatic heterocycles. The summed E-state index contributed by atoms with van der Waals surface area (Å²) in [5, 5.41) is 39.4. The molecule has 0 spiro atoms. The number of aliphatic hydroxyl groups is 2. The predicted octanol–water partition coefficient (Wildman–Crippen LogP) is 7.70. The molecular formula is C61H64F3N9O8. The molecule has 5 fully saturated rings. The van der Waals surface area contributed by atoms with Gasteiger partial charge in [-0.2, -0.15) is 15.1 Å². The standard InChI is InChI=1S/C61H64F3N9O8/c1-31(2)54(60(78)73-28-40(75)22-50(73)59(77)67-49(29-74)36-15-13-34(14-16-36)42-5-4-6-46(62)53(42)64)68-58(76)37-9-7-33(8-10-37)30-80-56-52(51-32(3)47(63)24-48-45(51)26-66-71-48)43(35-11-12-35)23-44-55(56)69-61(81-41-17-19-79-20-18-41)70-57(44)72-27-38-21-39(72)25-65-38/h4-10,13-16,23-24,26,31,35,38-41,49-50,54,65,74-75H,11-12,17-22,25,27-30H2,1-3H3,(H,66,71)(H,67,77)(H,68,76)/t38-,39-,40+,49-,50-,54-/m0/s1. The number of aromatic amines is 1. The van der Waals surface area contributed by atoms with Crippen molar-refractivity contribution >= 4 is 45.3 Å². The number of carbonyl (C=O) groups is 3. The van der Waals surface area contributed by atoms with Crippen LogP contribution in [0.15, 0.2) is 85.1 Å². The fourth-order valence-electron chi connectivity index (χ4n) is 12.1. The van der Waals surface area contributed by atoms with Crippen LogP contribution in [0.5, 0.6) is 11.8 Å². The first-order valence-corrected chi connectivity index (χ1v) is 27.9. The highest BCUT2D eigenvalue weighted by Gasteiger charge is 2.44. The van der Waals surface area contributed by atoms with Crippen LogP contribution in [-0.2, 0) is 20.9 Å². The Balaban J connectivity index is 0.806. The van der Waals surface area contributed by atoms with E-state index in [2.05, 4.69) is 37.1 Å². The number of H-pyrrole nitrogens is 1. The highest BCUT2D eigenvalue weighted by Crippen LogP contribution is 2.53. The van der Waals surface area contributed by atoms with Crippen LogP contribution in [0, 0.1) is 30.3 Å². The molecule has 422 valence electrons. The van der Waals surface area contributed by atoms with Gasteiger partial charge in [0.25, 0.3) is 5.91 Å². The SMILES string of the molecule is Cc1c(F)cc2[nH]ncc2c1-c1c(C2CC2)cc2c(N3C[C@@H]4C[C@H]3CN4)nc(OC3CCOCC3)nc2c1OCc1ccc(C(=O)N[C@H](C(=O)N2C[C@H](O)C[C@H]2C(=O)N[C@@H](CO)c2ccc(-c3cccc(F)c3F)cc2)C(C)C)cc1. The Morgan fingerprint density at radius 1 is 0.889 bits per heavy atom. The highest BCUT2D eigenvalue weighted by molar-refractivity contribution is 6.06. The van der Waals surface area contributed by atoms with Crippen LogP contribution in [0.3, 0.4) is 0 Å². The van der Waals surface area contributed by atoms with E-state index in [1.165, 1.54) is 23.1 Å². The first kappa shape index (κ1) is 54.0. The molecule has 3 amide bonds. The molecule has 2 bridgehead atoms. The van der Waals surface area contributed by atoms with E-state index in [9.17, 15) is 33.4 Å². The zero-order chi connectivity index (χ0) is 56.2. The van der Waals surface area contributed by atoms with E-state index in [0.29, 0.717) is 76.7 Å². The van der Waals surface area contributed by atoms with Crippen molar-refractivity contribution in [2.24, 2.45) is 5.92 Å². The van der Waals surface area contributed by atoms with Crippen molar-refractivity contribution in [2.75, 3.05) is 44.4 Å². The number of likely N-dealkylation sites (tertiary alicyclic amines) is 1. The maximum atomic E-state index is 16.1. The third kappa shape index (κ3) is 10.7. The summed E-state index contributed by atoms with van der Waals surface area (Å²) in [6.45, 7) is 7.38. The van der Waals surface area contributed by atoms with Crippen LogP contribution in [-0.4, -0.2) is 129 Å². The number of piperazine rings is 1. The lowest BCUT2D eigenvalue weighted by Gasteiger charge is -2.31. The van der Waals surface area contributed by atoms with Crippen molar-refractivity contribution in [3.8, 4) is 34.0 Å². The van der Waals surface area contributed by atoms with Gasteiger partial charge >= 0.3 is 6.01 Å². The molecule has 7 aromatic rings. The number of hydrogen-bond donors (Lipinski definition) is 6. The lowest BCUT2D eigenvalue weighted by atomic mass is 9.88. The number of ether oxygens (including phenoxy) is 3. The smallest absolute Gasteiger partial charge is 0.319 e. The van der Waals surface area contributed by atoms with Crippen LogP contribution in [0.4, 0.5) is 19.0 Å². The van der Waals surface area contributed by atoms with Crippen LogP contribution in [0.1, 0.15) is 96.9 Å². The number of aromatic nitrogens is 4. The summed E-state index contributed by atoms with van der Waals surface area (Å²) in [7, 11) is 0. The van der Waals surface area contributed by atoms with E-state index in [1.54, 1.807) is 75.5 Å². The topological polar surface area (TPSA) is 216 Å². The van der Waals surface area contributed by atoms with Crippen LogP contribution < -0.4 is 30.3 Å².